The summed E-state index contributed by atoms with van der Waals surface area (Å²) in [5, 5.41) is 5.72. The topological polar surface area (TPSA) is 86.1 Å². The summed E-state index contributed by atoms with van der Waals surface area (Å²) >= 11 is 6.01. The lowest BCUT2D eigenvalue weighted by molar-refractivity contribution is 0.0926. The molecular weight excluding hydrogens is 292 g/mol. The highest BCUT2D eigenvalue weighted by molar-refractivity contribution is 6.31. The van der Waals surface area contributed by atoms with Gasteiger partial charge in [-0.1, -0.05) is 29.8 Å². The van der Waals surface area contributed by atoms with E-state index >= 15 is 0 Å². The summed E-state index contributed by atoms with van der Waals surface area (Å²) < 4.78 is 7.26. The molecule has 2 aromatic heterocycles. The molecule has 0 fully saturated rings. The van der Waals surface area contributed by atoms with Crippen LogP contribution in [0.1, 0.15) is 21.8 Å². The molecule has 0 aliphatic carbocycles. The Hall–Kier alpha value is -2.31. The van der Waals surface area contributed by atoms with Gasteiger partial charge in [-0.2, -0.15) is 5.10 Å². The van der Waals surface area contributed by atoms with Crippen molar-refractivity contribution in [3.8, 4) is 0 Å². The molecule has 6 nitrogen and oxygen atoms in total. The van der Waals surface area contributed by atoms with Gasteiger partial charge in [0.05, 0.1) is 17.3 Å². The number of para-hydroxylation sites is 1. The van der Waals surface area contributed by atoms with Crippen molar-refractivity contribution < 1.29 is 9.21 Å². The smallest absolute Gasteiger partial charge is 0.301 e. The van der Waals surface area contributed by atoms with Gasteiger partial charge in [0, 0.05) is 17.1 Å². The minimum Gasteiger partial charge on any atom is -0.450 e. The number of rotatable bonds is 3. The number of hydrogen-bond donors (Lipinski definition) is 2. The van der Waals surface area contributed by atoms with E-state index in [-0.39, 0.29) is 5.76 Å². The number of carbonyl (C=O) groups is 1. The third kappa shape index (κ3) is 2.39. The molecule has 0 radical (unpaired) electrons. The van der Waals surface area contributed by atoms with Crippen molar-refractivity contribution >= 4 is 28.5 Å². The number of aromatic nitrogens is 2. The number of hydrazine groups is 1. The Kier molecular flexibility index (Phi) is 3.40. The zero-order valence-electron chi connectivity index (χ0n) is 11.3. The van der Waals surface area contributed by atoms with Crippen LogP contribution >= 0.6 is 11.6 Å². The van der Waals surface area contributed by atoms with Crippen LogP contribution in [0, 0.1) is 6.92 Å². The first kappa shape index (κ1) is 13.7. The standard InChI is InChI=1S/C14H13ClN4O2/c1-8-11(15)7-19(18-8)6-10-9-4-2-3-5-12(9)21-13(10)14(20)17-16/h2-5,7H,6,16H2,1H3,(H,17,20). The molecule has 7 heteroatoms. The normalized spacial score (nSPS) is 11.0. The predicted molar refractivity (Wildman–Crippen MR) is 78.9 cm³/mol. The lowest BCUT2D eigenvalue weighted by Crippen LogP contribution is -2.30. The zero-order chi connectivity index (χ0) is 15.0. The van der Waals surface area contributed by atoms with E-state index in [1.54, 1.807) is 16.9 Å². The van der Waals surface area contributed by atoms with E-state index < -0.39 is 5.91 Å². The van der Waals surface area contributed by atoms with Gasteiger partial charge in [0.1, 0.15) is 5.58 Å². The first-order valence-electron chi connectivity index (χ1n) is 6.31. The number of carbonyl (C=O) groups excluding carboxylic acids is 1. The summed E-state index contributed by atoms with van der Waals surface area (Å²) in [6, 6.07) is 7.41. The molecule has 21 heavy (non-hydrogen) atoms. The van der Waals surface area contributed by atoms with Gasteiger partial charge in [-0.25, -0.2) is 5.84 Å². The number of benzene rings is 1. The van der Waals surface area contributed by atoms with Gasteiger partial charge in [0.2, 0.25) is 0 Å². The summed E-state index contributed by atoms with van der Waals surface area (Å²) in [5.41, 5.74) is 4.17. The van der Waals surface area contributed by atoms with E-state index in [1.165, 1.54) is 0 Å². The maximum atomic E-state index is 11.9. The minimum atomic E-state index is -0.476. The maximum absolute atomic E-state index is 11.9. The fourth-order valence-electron chi connectivity index (χ4n) is 2.24. The monoisotopic (exact) mass is 304 g/mol. The van der Waals surface area contributed by atoms with E-state index in [0.717, 1.165) is 11.1 Å². The summed E-state index contributed by atoms with van der Waals surface area (Å²) in [6.45, 7) is 2.19. The molecule has 0 bridgehead atoms. The molecule has 0 spiro atoms. The molecule has 1 amide bonds. The first-order valence-corrected chi connectivity index (χ1v) is 6.69. The highest BCUT2D eigenvalue weighted by atomic mass is 35.5. The number of nitrogens with zero attached hydrogens (tertiary/aromatic N) is 2. The molecule has 0 aliphatic heterocycles. The Morgan fingerprint density at radius 1 is 1.48 bits per heavy atom. The van der Waals surface area contributed by atoms with Crippen molar-refractivity contribution in [2.75, 3.05) is 0 Å². The maximum Gasteiger partial charge on any atom is 0.301 e. The van der Waals surface area contributed by atoms with Crippen LogP contribution in [0.15, 0.2) is 34.9 Å². The molecule has 0 saturated heterocycles. The summed E-state index contributed by atoms with van der Waals surface area (Å²) in [6.07, 6.45) is 1.71. The predicted octanol–water partition coefficient (Wildman–Crippen LogP) is 2.24. The highest BCUT2D eigenvalue weighted by Gasteiger charge is 2.20. The third-order valence-corrected chi connectivity index (χ3v) is 3.61. The van der Waals surface area contributed by atoms with Crippen LogP contribution < -0.4 is 11.3 Å². The van der Waals surface area contributed by atoms with Crippen LogP contribution in [-0.4, -0.2) is 15.7 Å². The van der Waals surface area contributed by atoms with Gasteiger partial charge in [-0.15, -0.1) is 0 Å². The first-order chi connectivity index (χ1) is 10.1. The number of aryl methyl sites for hydroxylation is 1. The van der Waals surface area contributed by atoms with E-state index in [1.807, 2.05) is 25.1 Å². The van der Waals surface area contributed by atoms with Gasteiger partial charge in [0.15, 0.2) is 5.76 Å². The Morgan fingerprint density at radius 3 is 2.90 bits per heavy atom. The Morgan fingerprint density at radius 2 is 2.24 bits per heavy atom. The second kappa shape index (κ2) is 5.23. The molecule has 2 heterocycles. The average Bonchev–Trinajstić information content (AvgIpc) is 3.00. The number of hydrogen-bond acceptors (Lipinski definition) is 4. The molecule has 3 aromatic rings. The number of nitrogen functional groups attached to an aromatic ring is 1. The van der Waals surface area contributed by atoms with Gasteiger partial charge in [-0.05, 0) is 13.0 Å². The second-order valence-corrected chi connectivity index (χ2v) is 5.05. The van der Waals surface area contributed by atoms with Crippen molar-refractivity contribution in [2.45, 2.75) is 13.5 Å². The Labute approximate surface area is 125 Å². The molecule has 0 saturated carbocycles. The summed E-state index contributed by atoms with van der Waals surface area (Å²) in [5.74, 6) is 4.92. The van der Waals surface area contributed by atoms with E-state index in [4.69, 9.17) is 21.9 Å². The molecule has 3 N–H and O–H groups in total. The summed E-state index contributed by atoms with van der Waals surface area (Å²) in [4.78, 5) is 11.9. The van der Waals surface area contributed by atoms with Crippen LogP contribution in [0.2, 0.25) is 5.02 Å². The average molecular weight is 305 g/mol. The lowest BCUT2D eigenvalue weighted by atomic mass is 10.1. The van der Waals surface area contributed by atoms with Crippen molar-refractivity contribution in [1.82, 2.24) is 15.2 Å². The highest BCUT2D eigenvalue weighted by Crippen LogP contribution is 2.27. The molecule has 0 atom stereocenters. The third-order valence-electron chi connectivity index (χ3n) is 3.24. The van der Waals surface area contributed by atoms with Crippen LogP contribution in [0.25, 0.3) is 11.0 Å². The Balaban J connectivity index is 2.12. The fourth-order valence-corrected chi connectivity index (χ4v) is 2.39. The van der Waals surface area contributed by atoms with Crippen molar-refractivity contribution in [3.05, 3.63) is 52.5 Å². The zero-order valence-corrected chi connectivity index (χ0v) is 12.0. The van der Waals surface area contributed by atoms with E-state index in [0.29, 0.717) is 22.7 Å². The molecule has 0 aliphatic rings. The quantitative estimate of drug-likeness (QED) is 0.441. The fraction of sp³-hybridized carbons (Fsp3) is 0.143. The van der Waals surface area contributed by atoms with Crippen LogP contribution in [0.5, 0.6) is 0 Å². The minimum absolute atomic E-state index is 0.183. The second-order valence-electron chi connectivity index (χ2n) is 4.64. The van der Waals surface area contributed by atoms with Crippen LogP contribution in [0.4, 0.5) is 0 Å². The number of halogens is 1. The molecule has 1 aromatic carbocycles. The number of nitrogens with two attached hydrogens (primary N) is 1. The lowest BCUT2D eigenvalue weighted by Gasteiger charge is -2.02. The Bertz CT molecular complexity index is 802. The van der Waals surface area contributed by atoms with Gasteiger partial charge in [0.25, 0.3) is 0 Å². The van der Waals surface area contributed by atoms with E-state index in [9.17, 15) is 4.79 Å². The molecular formula is C14H13ClN4O2. The van der Waals surface area contributed by atoms with Crippen molar-refractivity contribution in [2.24, 2.45) is 5.84 Å². The molecule has 108 valence electrons. The van der Waals surface area contributed by atoms with Gasteiger partial charge < -0.3 is 4.42 Å². The molecule has 3 rings (SSSR count). The summed E-state index contributed by atoms with van der Waals surface area (Å²) in [7, 11) is 0. The van der Waals surface area contributed by atoms with E-state index in [2.05, 4.69) is 10.5 Å². The number of furan rings is 1. The molecule has 0 unspecified atom stereocenters. The van der Waals surface area contributed by atoms with Crippen LogP contribution in [0.3, 0.4) is 0 Å². The number of nitrogens with one attached hydrogen (secondary N) is 1. The largest absolute Gasteiger partial charge is 0.450 e. The van der Waals surface area contributed by atoms with Crippen LogP contribution in [-0.2, 0) is 6.54 Å². The van der Waals surface area contributed by atoms with Gasteiger partial charge in [-0.3, -0.25) is 14.9 Å². The van der Waals surface area contributed by atoms with Crippen molar-refractivity contribution in [3.63, 3.8) is 0 Å². The SMILES string of the molecule is Cc1nn(Cc2c(C(=O)NN)oc3ccccc23)cc1Cl. The number of amides is 1. The van der Waals surface area contributed by atoms with Gasteiger partial charge >= 0.3 is 5.91 Å². The van der Waals surface area contributed by atoms with Crippen molar-refractivity contribution in [1.29, 1.82) is 0 Å². The number of fused-ring (bicyclic) bond motifs is 1.